The zero-order valence-corrected chi connectivity index (χ0v) is 19.8. The van der Waals surface area contributed by atoms with Crippen molar-refractivity contribution in [2.75, 3.05) is 12.4 Å². The monoisotopic (exact) mass is 478 g/mol. The Balaban J connectivity index is 2.40. The highest BCUT2D eigenvalue weighted by molar-refractivity contribution is 7.18. The van der Waals surface area contributed by atoms with Gasteiger partial charge in [0.15, 0.2) is 0 Å². The van der Waals surface area contributed by atoms with Gasteiger partial charge in [0.2, 0.25) is 5.91 Å². The van der Waals surface area contributed by atoms with E-state index in [1.807, 2.05) is 0 Å². The number of halogens is 1. The number of nitrogens with one attached hydrogen (secondary N) is 2. The zero-order valence-electron chi connectivity index (χ0n) is 19.0. The van der Waals surface area contributed by atoms with E-state index >= 15 is 0 Å². The molecule has 8 nitrogen and oxygen atoms in total. The number of carbonyl (C=O) groups is 4. The van der Waals surface area contributed by atoms with E-state index < -0.39 is 41.5 Å². The summed E-state index contributed by atoms with van der Waals surface area (Å²) in [4.78, 5) is 49.8. The molecule has 2 rings (SSSR count). The largest absolute Gasteiger partial charge is 0.480 e. The molecule has 0 aliphatic carbocycles. The van der Waals surface area contributed by atoms with Gasteiger partial charge in [0.05, 0.1) is 23.5 Å². The quantitative estimate of drug-likeness (QED) is 0.469. The lowest BCUT2D eigenvalue weighted by molar-refractivity contribution is -0.140. The normalized spacial score (nSPS) is 12.7. The van der Waals surface area contributed by atoms with Crippen LogP contribution in [0.5, 0.6) is 0 Å². The fourth-order valence-corrected chi connectivity index (χ4v) is 4.45. The third kappa shape index (κ3) is 5.95. The van der Waals surface area contributed by atoms with Crippen LogP contribution in [-0.2, 0) is 14.3 Å². The molecule has 0 spiro atoms. The third-order valence-corrected chi connectivity index (χ3v) is 6.40. The van der Waals surface area contributed by atoms with E-state index in [9.17, 15) is 28.7 Å². The second kappa shape index (κ2) is 11.0. The summed E-state index contributed by atoms with van der Waals surface area (Å²) in [5.74, 6) is -4.44. The number of aliphatic carboxylic acids is 1. The lowest BCUT2D eigenvalue weighted by Gasteiger charge is -2.17. The highest BCUT2D eigenvalue weighted by Gasteiger charge is 2.31. The molecule has 3 N–H and O–H groups in total. The van der Waals surface area contributed by atoms with E-state index in [0.29, 0.717) is 12.0 Å². The molecule has 0 saturated heterocycles. The molecule has 2 atom stereocenters. The molecule has 0 saturated carbocycles. The average Bonchev–Trinajstić information content (AvgIpc) is 3.08. The van der Waals surface area contributed by atoms with Crippen molar-refractivity contribution in [1.82, 2.24) is 5.32 Å². The zero-order chi connectivity index (χ0) is 24.9. The summed E-state index contributed by atoms with van der Waals surface area (Å²) in [6, 6.07) is 4.43. The van der Waals surface area contributed by atoms with Crippen LogP contribution in [0.15, 0.2) is 24.3 Å². The standard InChI is InChI=1S/C23H27FN2O6S/c1-6-15(13-7-9-14(24)10-8-13)19(27)26-21-16(23(31)32-5)12(4)18(33-21)20(28)25-17(11(2)3)22(29)30/h7-11,15,17H,6H2,1-5H3,(H,25,28)(H,26,27)(H,29,30). The predicted molar refractivity (Wildman–Crippen MR) is 122 cm³/mol. The minimum Gasteiger partial charge on any atom is -0.480 e. The number of rotatable bonds is 9. The fourth-order valence-electron chi connectivity index (χ4n) is 3.35. The minimum atomic E-state index is -1.18. The Morgan fingerprint density at radius 1 is 1.15 bits per heavy atom. The van der Waals surface area contributed by atoms with Gasteiger partial charge >= 0.3 is 11.9 Å². The molecule has 0 radical (unpaired) electrons. The van der Waals surface area contributed by atoms with Crippen molar-refractivity contribution in [3.05, 3.63) is 51.7 Å². The Bertz CT molecular complexity index is 1050. The smallest absolute Gasteiger partial charge is 0.341 e. The lowest BCUT2D eigenvalue weighted by atomic mass is 9.95. The van der Waals surface area contributed by atoms with Gasteiger partial charge in [-0.05, 0) is 42.5 Å². The van der Waals surface area contributed by atoms with Crippen molar-refractivity contribution in [1.29, 1.82) is 0 Å². The molecule has 0 fully saturated rings. The molecule has 1 heterocycles. The molecule has 0 bridgehead atoms. The molecule has 1 aromatic carbocycles. The van der Waals surface area contributed by atoms with Gasteiger partial charge in [0.1, 0.15) is 16.9 Å². The van der Waals surface area contributed by atoms with Gasteiger partial charge in [0.25, 0.3) is 5.91 Å². The summed E-state index contributed by atoms with van der Waals surface area (Å²) >= 11 is 0.859. The highest BCUT2D eigenvalue weighted by atomic mass is 32.1. The maximum absolute atomic E-state index is 13.3. The van der Waals surface area contributed by atoms with Crippen LogP contribution in [0.25, 0.3) is 0 Å². The summed E-state index contributed by atoms with van der Waals surface area (Å²) in [5.41, 5.74) is 0.886. The highest BCUT2D eigenvalue weighted by Crippen LogP contribution is 2.35. The first kappa shape index (κ1) is 26.0. The number of carbonyl (C=O) groups excluding carboxylic acids is 3. The topological polar surface area (TPSA) is 122 Å². The summed E-state index contributed by atoms with van der Waals surface area (Å²) < 4.78 is 18.1. The molecular formula is C23H27FN2O6S. The molecule has 10 heteroatoms. The average molecular weight is 479 g/mol. The number of thiophene rings is 1. The molecule has 0 aliphatic heterocycles. The van der Waals surface area contributed by atoms with Crippen LogP contribution in [0.2, 0.25) is 0 Å². The maximum atomic E-state index is 13.3. The molecule has 1 aromatic heterocycles. The van der Waals surface area contributed by atoms with E-state index in [2.05, 4.69) is 10.6 Å². The molecule has 178 valence electrons. The molecule has 2 aromatic rings. The maximum Gasteiger partial charge on any atom is 0.341 e. The van der Waals surface area contributed by atoms with E-state index in [1.165, 1.54) is 38.3 Å². The number of hydrogen-bond donors (Lipinski definition) is 3. The third-order valence-electron chi connectivity index (χ3n) is 5.20. The number of carboxylic acids is 1. The van der Waals surface area contributed by atoms with E-state index in [0.717, 1.165) is 11.3 Å². The summed E-state index contributed by atoms with van der Waals surface area (Å²) in [5, 5.41) is 14.6. The SMILES string of the molecule is CCC(C(=O)Nc1sc(C(=O)NC(C(=O)O)C(C)C)c(C)c1C(=O)OC)c1ccc(F)cc1. The number of ether oxygens (including phenoxy) is 1. The molecular weight excluding hydrogens is 451 g/mol. The Morgan fingerprint density at radius 3 is 2.24 bits per heavy atom. The van der Waals surface area contributed by atoms with Crippen LogP contribution < -0.4 is 10.6 Å². The number of anilines is 1. The van der Waals surface area contributed by atoms with Crippen molar-refractivity contribution < 1.29 is 33.4 Å². The Kier molecular flexibility index (Phi) is 8.69. The predicted octanol–water partition coefficient (Wildman–Crippen LogP) is 3.95. The molecule has 2 amide bonds. The number of benzene rings is 1. The van der Waals surface area contributed by atoms with Gasteiger partial charge in [-0.2, -0.15) is 0 Å². The Hall–Kier alpha value is -3.27. The van der Waals surface area contributed by atoms with Crippen LogP contribution in [0, 0.1) is 18.7 Å². The summed E-state index contributed by atoms with van der Waals surface area (Å²) in [7, 11) is 1.18. The number of hydrogen-bond acceptors (Lipinski definition) is 6. The second-order valence-electron chi connectivity index (χ2n) is 7.79. The van der Waals surface area contributed by atoms with Crippen LogP contribution in [-0.4, -0.2) is 42.0 Å². The lowest BCUT2D eigenvalue weighted by Crippen LogP contribution is -2.44. The van der Waals surface area contributed by atoms with Crippen molar-refractivity contribution in [2.24, 2.45) is 5.92 Å². The van der Waals surface area contributed by atoms with Gasteiger partial charge in [-0.25, -0.2) is 14.0 Å². The van der Waals surface area contributed by atoms with Crippen molar-refractivity contribution in [3.63, 3.8) is 0 Å². The summed E-state index contributed by atoms with van der Waals surface area (Å²) in [6.45, 7) is 6.64. The van der Waals surface area contributed by atoms with Gasteiger partial charge < -0.3 is 20.5 Å². The van der Waals surface area contributed by atoms with Gasteiger partial charge in [-0.15, -0.1) is 11.3 Å². The van der Waals surface area contributed by atoms with E-state index in [1.54, 1.807) is 20.8 Å². The second-order valence-corrected chi connectivity index (χ2v) is 8.81. The van der Waals surface area contributed by atoms with Gasteiger partial charge in [-0.1, -0.05) is 32.9 Å². The first-order valence-corrected chi connectivity index (χ1v) is 11.1. The van der Waals surface area contributed by atoms with Crippen LogP contribution in [0.1, 0.15) is 64.3 Å². The molecule has 0 aliphatic rings. The van der Waals surface area contributed by atoms with Crippen LogP contribution >= 0.6 is 11.3 Å². The van der Waals surface area contributed by atoms with Crippen molar-refractivity contribution in [3.8, 4) is 0 Å². The Morgan fingerprint density at radius 2 is 1.76 bits per heavy atom. The fraction of sp³-hybridized carbons (Fsp3) is 0.391. The first-order chi connectivity index (χ1) is 15.5. The van der Waals surface area contributed by atoms with E-state index in [-0.39, 0.29) is 26.9 Å². The van der Waals surface area contributed by atoms with Gasteiger partial charge in [0, 0.05) is 0 Å². The molecule has 2 unspecified atom stereocenters. The molecule has 33 heavy (non-hydrogen) atoms. The van der Waals surface area contributed by atoms with Crippen LogP contribution in [0.4, 0.5) is 9.39 Å². The van der Waals surface area contributed by atoms with E-state index in [4.69, 9.17) is 4.74 Å². The van der Waals surface area contributed by atoms with Crippen LogP contribution in [0.3, 0.4) is 0 Å². The first-order valence-electron chi connectivity index (χ1n) is 10.3. The Labute approximate surface area is 195 Å². The summed E-state index contributed by atoms with van der Waals surface area (Å²) in [6.07, 6.45) is 0.414. The number of carboxylic acid groups (broad SMARTS) is 1. The van der Waals surface area contributed by atoms with Gasteiger partial charge in [-0.3, -0.25) is 9.59 Å². The number of amides is 2. The minimum absolute atomic E-state index is 0.0198. The van der Waals surface area contributed by atoms with Crippen molar-refractivity contribution in [2.45, 2.75) is 46.1 Å². The number of esters is 1. The van der Waals surface area contributed by atoms with Crippen molar-refractivity contribution >= 4 is 40.1 Å². The number of methoxy groups -OCH3 is 1.